The van der Waals surface area contributed by atoms with Gasteiger partial charge < -0.3 is 4.42 Å². The standard InChI is InChI=1S/C14H14O2/c1-11-3-2-4-12(9-11)5-6-14(15)13-7-8-16-10-13/h2-4,7-10H,5-6H2,1H3. The quantitative estimate of drug-likeness (QED) is 0.730. The maximum absolute atomic E-state index is 11.7. The molecule has 1 heterocycles. The number of aryl methyl sites for hydroxylation is 2. The fourth-order valence-electron chi connectivity index (χ4n) is 1.69. The Morgan fingerprint density at radius 2 is 2.19 bits per heavy atom. The van der Waals surface area contributed by atoms with Crippen LogP contribution in [0.4, 0.5) is 0 Å². The molecule has 2 aromatic rings. The lowest BCUT2D eigenvalue weighted by Crippen LogP contribution is -1.99. The summed E-state index contributed by atoms with van der Waals surface area (Å²) in [5.74, 6) is 0.134. The van der Waals surface area contributed by atoms with Gasteiger partial charge >= 0.3 is 0 Å². The lowest BCUT2D eigenvalue weighted by atomic mass is 10.0. The van der Waals surface area contributed by atoms with E-state index in [9.17, 15) is 4.79 Å². The summed E-state index contributed by atoms with van der Waals surface area (Å²) >= 11 is 0. The van der Waals surface area contributed by atoms with Crippen molar-refractivity contribution in [2.24, 2.45) is 0 Å². The predicted molar refractivity (Wildman–Crippen MR) is 62.5 cm³/mol. The van der Waals surface area contributed by atoms with Crippen molar-refractivity contribution >= 4 is 5.78 Å². The number of ketones is 1. The summed E-state index contributed by atoms with van der Waals surface area (Å²) < 4.78 is 4.89. The number of hydrogen-bond donors (Lipinski definition) is 0. The van der Waals surface area contributed by atoms with Gasteiger partial charge in [-0.2, -0.15) is 0 Å². The van der Waals surface area contributed by atoms with E-state index in [-0.39, 0.29) is 5.78 Å². The van der Waals surface area contributed by atoms with E-state index in [1.165, 1.54) is 23.7 Å². The van der Waals surface area contributed by atoms with Crippen LogP contribution in [0.3, 0.4) is 0 Å². The summed E-state index contributed by atoms with van der Waals surface area (Å²) in [5, 5.41) is 0. The number of carbonyl (C=O) groups excluding carboxylic acids is 1. The third-order valence-corrected chi connectivity index (χ3v) is 2.57. The molecule has 82 valence electrons. The van der Waals surface area contributed by atoms with E-state index in [0.29, 0.717) is 12.0 Å². The Bertz CT molecular complexity index is 469. The lowest BCUT2D eigenvalue weighted by molar-refractivity contribution is 0.0982. The zero-order chi connectivity index (χ0) is 11.4. The molecule has 2 heteroatoms. The first-order chi connectivity index (χ1) is 7.75. The molecule has 1 aromatic heterocycles. The summed E-state index contributed by atoms with van der Waals surface area (Å²) in [6.45, 7) is 2.06. The molecule has 0 fully saturated rings. The highest BCUT2D eigenvalue weighted by molar-refractivity contribution is 5.95. The van der Waals surface area contributed by atoms with Crippen LogP contribution in [0.2, 0.25) is 0 Å². The first-order valence-electron chi connectivity index (χ1n) is 5.36. The molecule has 0 aliphatic rings. The summed E-state index contributed by atoms with van der Waals surface area (Å²) in [7, 11) is 0. The van der Waals surface area contributed by atoms with E-state index in [1.54, 1.807) is 6.07 Å². The fourth-order valence-corrected chi connectivity index (χ4v) is 1.69. The van der Waals surface area contributed by atoms with Gasteiger partial charge in [0.15, 0.2) is 5.78 Å². The van der Waals surface area contributed by atoms with E-state index < -0.39 is 0 Å². The Hall–Kier alpha value is -1.83. The van der Waals surface area contributed by atoms with E-state index in [0.717, 1.165) is 6.42 Å². The highest BCUT2D eigenvalue weighted by Crippen LogP contribution is 2.10. The number of Topliss-reactive ketones (excluding diaryl/α,β-unsaturated/α-hetero) is 1. The highest BCUT2D eigenvalue weighted by Gasteiger charge is 2.06. The first kappa shape index (κ1) is 10.7. The van der Waals surface area contributed by atoms with Crippen molar-refractivity contribution in [2.75, 3.05) is 0 Å². The number of furan rings is 1. The van der Waals surface area contributed by atoms with Crippen molar-refractivity contribution in [3.8, 4) is 0 Å². The highest BCUT2D eigenvalue weighted by atomic mass is 16.3. The van der Waals surface area contributed by atoms with E-state index >= 15 is 0 Å². The predicted octanol–water partition coefficient (Wildman–Crippen LogP) is 3.40. The van der Waals surface area contributed by atoms with E-state index in [4.69, 9.17) is 4.42 Å². The van der Waals surface area contributed by atoms with Crippen LogP contribution < -0.4 is 0 Å². The molecule has 0 spiro atoms. The molecule has 0 N–H and O–H groups in total. The smallest absolute Gasteiger partial charge is 0.166 e. The van der Waals surface area contributed by atoms with Crippen LogP contribution in [0, 0.1) is 6.92 Å². The van der Waals surface area contributed by atoms with Crippen LogP contribution >= 0.6 is 0 Å². The molecule has 0 unspecified atom stereocenters. The van der Waals surface area contributed by atoms with Crippen molar-refractivity contribution in [3.63, 3.8) is 0 Å². The molecule has 0 aliphatic heterocycles. The third kappa shape index (κ3) is 2.60. The van der Waals surface area contributed by atoms with Gasteiger partial charge in [-0.05, 0) is 25.0 Å². The monoisotopic (exact) mass is 214 g/mol. The van der Waals surface area contributed by atoms with Gasteiger partial charge in [-0.15, -0.1) is 0 Å². The van der Waals surface area contributed by atoms with Crippen molar-refractivity contribution in [1.82, 2.24) is 0 Å². The van der Waals surface area contributed by atoms with Gasteiger partial charge in [-0.3, -0.25) is 4.79 Å². The van der Waals surface area contributed by atoms with Crippen molar-refractivity contribution < 1.29 is 9.21 Å². The first-order valence-corrected chi connectivity index (χ1v) is 5.36. The number of rotatable bonds is 4. The molecule has 0 atom stereocenters. The molecule has 16 heavy (non-hydrogen) atoms. The van der Waals surface area contributed by atoms with Crippen LogP contribution in [0.1, 0.15) is 27.9 Å². The van der Waals surface area contributed by atoms with Gasteiger partial charge in [-0.25, -0.2) is 0 Å². The Labute approximate surface area is 94.9 Å². The topological polar surface area (TPSA) is 30.2 Å². The molecular formula is C14H14O2. The molecule has 0 bridgehead atoms. The van der Waals surface area contributed by atoms with Gasteiger partial charge in [0.1, 0.15) is 6.26 Å². The summed E-state index contributed by atoms with van der Waals surface area (Å²) in [5.41, 5.74) is 3.10. The molecule has 0 saturated heterocycles. The zero-order valence-corrected chi connectivity index (χ0v) is 9.27. The second-order valence-corrected chi connectivity index (χ2v) is 3.92. The van der Waals surface area contributed by atoms with Crippen LogP contribution in [-0.4, -0.2) is 5.78 Å². The van der Waals surface area contributed by atoms with E-state index in [2.05, 4.69) is 25.1 Å². The fraction of sp³-hybridized carbons (Fsp3) is 0.214. The molecule has 0 aliphatic carbocycles. The average molecular weight is 214 g/mol. The Balaban J connectivity index is 1.95. The molecular weight excluding hydrogens is 200 g/mol. The van der Waals surface area contributed by atoms with Gasteiger partial charge in [-0.1, -0.05) is 29.8 Å². The van der Waals surface area contributed by atoms with Crippen LogP contribution in [-0.2, 0) is 6.42 Å². The normalized spacial score (nSPS) is 10.3. The molecule has 1 aromatic carbocycles. The summed E-state index contributed by atoms with van der Waals surface area (Å²) in [6, 6.07) is 9.95. The third-order valence-electron chi connectivity index (χ3n) is 2.57. The SMILES string of the molecule is Cc1cccc(CCC(=O)c2ccoc2)c1. The van der Waals surface area contributed by atoms with Crippen LogP contribution in [0.25, 0.3) is 0 Å². The molecule has 0 amide bonds. The molecule has 0 saturated carbocycles. The van der Waals surface area contributed by atoms with Crippen LogP contribution in [0.5, 0.6) is 0 Å². The maximum Gasteiger partial charge on any atom is 0.166 e. The van der Waals surface area contributed by atoms with E-state index in [1.807, 2.05) is 6.07 Å². The number of hydrogen-bond acceptors (Lipinski definition) is 2. The summed E-state index contributed by atoms with van der Waals surface area (Å²) in [6.07, 6.45) is 4.34. The summed E-state index contributed by atoms with van der Waals surface area (Å²) in [4.78, 5) is 11.7. The minimum Gasteiger partial charge on any atom is -0.472 e. The second-order valence-electron chi connectivity index (χ2n) is 3.92. The second kappa shape index (κ2) is 4.79. The average Bonchev–Trinajstić information content (AvgIpc) is 2.79. The minimum absolute atomic E-state index is 0.134. The van der Waals surface area contributed by atoms with Crippen molar-refractivity contribution in [3.05, 3.63) is 59.5 Å². The largest absolute Gasteiger partial charge is 0.472 e. The molecule has 0 radical (unpaired) electrons. The lowest BCUT2D eigenvalue weighted by Gasteiger charge is -2.01. The number of carbonyl (C=O) groups is 1. The number of benzene rings is 1. The van der Waals surface area contributed by atoms with Crippen molar-refractivity contribution in [1.29, 1.82) is 0 Å². The minimum atomic E-state index is 0.134. The Kier molecular flexibility index (Phi) is 3.20. The molecule has 2 nitrogen and oxygen atoms in total. The zero-order valence-electron chi connectivity index (χ0n) is 9.27. The van der Waals surface area contributed by atoms with Gasteiger partial charge in [0.25, 0.3) is 0 Å². The van der Waals surface area contributed by atoms with Gasteiger partial charge in [0, 0.05) is 6.42 Å². The van der Waals surface area contributed by atoms with Crippen LogP contribution in [0.15, 0.2) is 47.3 Å². The maximum atomic E-state index is 11.7. The van der Waals surface area contributed by atoms with Crippen molar-refractivity contribution in [2.45, 2.75) is 19.8 Å². The molecule has 2 rings (SSSR count). The van der Waals surface area contributed by atoms with Gasteiger partial charge in [0.05, 0.1) is 11.8 Å². The Morgan fingerprint density at radius 1 is 1.31 bits per heavy atom. The Morgan fingerprint density at radius 3 is 2.88 bits per heavy atom. The van der Waals surface area contributed by atoms with Gasteiger partial charge in [0.2, 0.25) is 0 Å².